The maximum Gasteiger partial charge on any atom is 0.135 e. The monoisotopic (exact) mass is 358 g/mol. The van der Waals surface area contributed by atoms with Crippen LogP contribution in [0.15, 0.2) is 17.5 Å². The molecule has 134 valence electrons. The van der Waals surface area contributed by atoms with Gasteiger partial charge in [-0.1, -0.05) is 6.07 Å². The highest BCUT2D eigenvalue weighted by Crippen LogP contribution is 2.27. The lowest BCUT2D eigenvalue weighted by Gasteiger charge is -2.32. The molecule has 6 heteroatoms. The van der Waals surface area contributed by atoms with Crippen molar-refractivity contribution in [3.8, 4) is 0 Å². The number of hydrogen-bond acceptors (Lipinski definition) is 6. The van der Waals surface area contributed by atoms with Crippen molar-refractivity contribution in [3.63, 3.8) is 0 Å². The maximum atomic E-state index is 10.1. The smallest absolute Gasteiger partial charge is 0.135 e. The van der Waals surface area contributed by atoms with Gasteiger partial charge in [-0.15, -0.1) is 11.3 Å². The van der Waals surface area contributed by atoms with Crippen molar-refractivity contribution in [2.24, 2.45) is 0 Å². The van der Waals surface area contributed by atoms with E-state index in [0.717, 1.165) is 63.5 Å². The predicted octanol–water partition coefficient (Wildman–Crippen LogP) is 2.41. The van der Waals surface area contributed by atoms with Gasteiger partial charge in [0.25, 0.3) is 0 Å². The number of thiophene rings is 1. The summed E-state index contributed by atoms with van der Waals surface area (Å²) in [6.45, 7) is 6.78. The van der Waals surface area contributed by atoms with E-state index < -0.39 is 0 Å². The van der Waals surface area contributed by atoms with E-state index in [1.807, 2.05) is 18.3 Å². The molecule has 2 aliphatic rings. The van der Waals surface area contributed by atoms with Gasteiger partial charge in [0, 0.05) is 49.6 Å². The molecule has 2 aliphatic heterocycles. The number of aliphatic hydroxyl groups excluding tert-OH is 1. The van der Waals surface area contributed by atoms with Crippen LogP contribution in [-0.4, -0.2) is 52.3 Å². The second-order valence-electron chi connectivity index (χ2n) is 7.12. The highest BCUT2D eigenvalue weighted by Gasteiger charge is 2.25. The Kier molecular flexibility index (Phi) is 5.01. The lowest BCUT2D eigenvalue weighted by molar-refractivity contribution is 0.153. The van der Waals surface area contributed by atoms with Crippen LogP contribution in [0.5, 0.6) is 0 Å². The summed E-state index contributed by atoms with van der Waals surface area (Å²) in [5.74, 6) is 1.92. The number of aryl methyl sites for hydroxylation is 1. The van der Waals surface area contributed by atoms with Crippen molar-refractivity contribution in [1.29, 1.82) is 0 Å². The molecule has 1 fully saturated rings. The van der Waals surface area contributed by atoms with Gasteiger partial charge < -0.3 is 10.0 Å². The number of piperidine rings is 1. The fraction of sp³-hybridized carbons (Fsp3) is 0.579. The van der Waals surface area contributed by atoms with E-state index in [-0.39, 0.29) is 6.10 Å². The Bertz CT molecular complexity index is 718. The molecular weight excluding hydrogens is 332 g/mol. The Balaban J connectivity index is 1.56. The van der Waals surface area contributed by atoms with Crippen LogP contribution < -0.4 is 4.90 Å². The van der Waals surface area contributed by atoms with Gasteiger partial charge in [-0.2, -0.15) is 0 Å². The first-order chi connectivity index (χ1) is 12.2. The van der Waals surface area contributed by atoms with Crippen LogP contribution in [0.4, 0.5) is 5.82 Å². The average molecular weight is 359 g/mol. The summed E-state index contributed by atoms with van der Waals surface area (Å²) in [6.07, 6.45) is 3.66. The molecule has 4 heterocycles. The van der Waals surface area contributed by atoms with Crippen LogP contribution >= 0.6 is 11.3 Å². The van der Waals surface area contributed by atoms with E-state index in [0.29, 0.717) is 6.54 Å². The highest BCUT2D eigenvalue weighted by molar-refractivity contribution is 7.09. The summed E-state index contributed by atoms with van der Waals surface area (Å²) in [6, 6.07) is 4.34. The van der Waals surface area contributed by atoms with Crippen LogP contribution in [0.2, 0.25) is 0 Å². The third-order valence-electron chi connectivity index (χ3n) is 5.18. The minimum absolute atomic E-state index is 0.235. The molecule has 0 spiro atoms. The zero-order valence-corrected chi connectivity index (χ0v) is 15.6. The van der Waals surface area contributed by atoms with Crippen LogP contribution in [0.25, 0.3) is 0 Å². The molecule has 25 heavy (non-hydrogen) atoms. The van der Waals surface area contributed by atoms with Crippen molar-refractivity contribution in [1.82, 2.24) is 14.9 Å². The summed E-state index contributed by atoms with van der Waals surface area (Å²) >= 11 is 1.83. The van der Waals surface area contributed by atoms with Crippen molar-refractivity contribution in [2.75, 3.05) is 31.1 Å². The van der Waals surface area contributed by atoms with Gasteiger partial charge in [0.05, 0.1) is 11.8 Å². The number of aliphatic hydroxyl groups is 1. The van der Waals surface area contributed by atoms with Gasteiger partial charge in [0.2, 0.25) is 0 Å². The zero-order chi connectivity index (χ0) is 17.2. The van der Waals surface area contributed by atoms with E-state index >= 15 is 0 Å². The van der Waals surface area contributed by atoms with E-state index in [9.17, 15) is 5.11 Å². The molecule has 1 N–H and O–H groups in total. The quantitative estimate of drug-likeness (QED) is 0.913. The zero-order valence-electron chi connectivity index (χ0n) is 14.8. The van der Waals surface area contributed by atoms with Crippen LogP contribution in [0.1, 0.15) is 34.8 Å². The molecular formula is C19H26N4OS. The highest BCUT2D eigenvalue weighted by atomic mass is 32.1. The number of rotatable bonds is 3. The van der Waals surface area contributed by atoms with Crippen molar-refractivity contribution < 1.29 is 5.11 Å². The Morgan fingerprint density at radius 3 is 2.92 bits per heavy atom. The topological polar surface area (TPSA) is 52.5 Å². The van der Waals surface area contributed by atoms with Gasteiger partial charge in [0.1, 0.15) is 11.6 Å². The molecule has 2 aromatic heterocycles. The molecule has 0 saturated carbocycles. The maximum absolute atomic E-state index is 10.1. The van der Waals surface area contributed by atoms with Gasteiger partial charge >= 0.3 is 0 Å². The summed E-state index contributed by atoms with van der Waals surface area (Å²) < 4.78 is 0. The van der Waals surface area contributed by atoms with Gasteiger partial charge in [0.15, 0.2) is 0 Å². The second kappa shape index (κ2) is 7.40. The Labute approximate surface area is 153 Å². The molecule has 1 saturated heterocycles. The third-order valence-corrected chi connectivity index (χ3v) is 6.04. The predicted molar refractivity (Wildman–Crippen MR) is 101 cm³/mol. The lowest BCUT2D eigenvalue weighted by atomic mass is 10.0. The van der Waals surface area contributed by atoms with Crippen LogP contribution in [0, 0.1) is 6.92 Å². The SMILES string of the molecule is Cc1nc2c(c(N3CCC[C@@H](O)C3)n1)CCN(Cc1cccs1)CC2. The largest absolute Gasteiger partial charge is 0.391 e. The second-order valence-corrected chi connectivity index (χ2v) is 8.15. The molecule has 0 bridgehead atoms. The number of aromatic nitrogens is 2. The third kappa shape index (κ3) is 3.86. The Morgan fingerprint density at radius 1 is 1.24 bits per heavy atom. The Morgan fingerprint density at radius 2 is 2.12 bits per heavy atom. The van der Waals surface area contributed by atoms with Crippen LogP contribution in [0.3, 0.4) is 0 Å². The van der Waals surface area contributed by atoms with E-state index in [1.54, 1.807) is 0 Å². The number of anilines is 1. The summed E-state index contributed by atoms with van der Waals surface area (Å²) in [7, 11) is 0. The van der Waals surface area contributed by atoms with E-state index in [4.69, 9.17) is 9.97 Å². The number of fused-ring (bicyclic) bond motifs is 1. The number of nitrogens with zero attached hydrogens (tertiary/aromatic N) is 4. The van der Waals surface area contributed by atoms with E-state index in [2.05, 4.69) is 27.3 Å². The van der Waals surface area contributed by atoms with Crippen molar-refractivity contribution in [3.05, 3.63) is 39.5 Å². The fourth-order valence-electron chi connectivity index (χ4n) is 3.94. The molecule has 4 rings (SSSR count). The molecule has 1 atom stereocenters. The molecule has 0 unspecified atom stereocenters. The molecule has 0 aromatic carbocycles. The summed E-state index contributed by atoms with van der Waals surface area (Å²) in [4.78, 5) is 15.8. The minimum Gasteiger partial charge on any atom is -0.391 e. The number of β-amino-alcohol motifs (C(OH)–C–C–N with tert-alkyl or cyclic N) is 1. The van der Waals surface area contributed by atoms with Gasteiger partial charge in [-0.25, -0.2) is 9.97 Å². The van der Waals surface area contributed by atoms with Gasteiger partial charge in [-0.3, -0.25) is 4.90 Å². The molecule has 0 aliphatic carbocycles. The molecule has 0 radical (unpaired) electrons. The number of hydrogen-bond donors (Lipinski definition) is 1. The van der Waals surface area contributed by atoms with Gasteiger partial charge in [-0.05, 0) is 37.6 Å². The minimum atomic E-state index is -0.235. The van der Waals surface area contributed by atoms with Crippen molar-refractivity contribution in [2.45, 2.75) is 45.3 Å². The first-order valence-corrected chi connectivity index (χ1v) is 10.1. The summed E-state index contributed by atoms with van der Waals surface area (Å²) in [5.41, 5.74) is 2.50. The summed E-state index contributed by atoms with van der Waals surface area (Å²) in [5, 5.41) is 12.2. The molecule has 2 aromatic rings. The first-order valence-electron chi connectivity index (χ1n) is 9.23. The lowest BCUT2D eigenvalue weighted by Crippen LogP contribution is -2.39. The Hall–Kier alpha value is -1.50. The molecule has 5 nitrogen and oxygen atoms in total. The molecule has 0 amide bonds. The average Bonchev–Trinajstić information content (AvgIpc) is 3.02. The van der Waals surface area contributed by atoms with Crippen molar-refractivity contribution >= 4 is 17.2 Å². The fourth-order valence-corrected chi connectivity index (χ4v) is 4.68. The standard InChI is InChI=1S/C19H26N4OS/c1-14-20-18-7-10-22(13-16-5-3-11-25-16)9-6-17(18)19(21-14)23-8-2-4-15(24)12-23/h3,5,11,15,24H,2,4,6-10,12-13H2,1H3/t15-/m1/s1. The van der Waals surface area contributed by atoms with Crippen LogP contribution in [-0.2, 0) is 19.4 Å². The first kappa shape index (κ1) is 16.9. The normalized spacial score (nSPS) is 21.8. The van der Waals surface area contributed by atoms with E-state index in [1.165, 1.54) is 16.1 Å².